The number of rotatable bonds is 5. The molecule has 0 amide bonds. The Morgan fingerprint density at radius 2 is 2.15 bits per heavy atom. The van der Waals surface area contributed by atoms with E-state index in [1.54, 1.807) is 0 Å². The molecule has 1 aromatic rings. The monoisotopic (exact) mass is 275 g/mol. The fourth-order valence-corrected chi connectivity index (χ4v) is 3.12. The SMILES string of the molecule is CCC(N)Cc1cccc(C)c1OC1CCCC(C)C1. The highest BCUT2D eigenvalue weighted by Gasteiger charge is 2.22. The zero-order chi connectivity index (χ0) is 14.5. The van der Waals surface area contributed by atoms with Crippen molar-refractivity contribution in [2.24, 2.45) is 11.7 Å². The van der Waals surface area contributed by atoms with Crippen molar-refractivity contribution in [1.29, 1.82) is 0 Å². The lowest BCUT2D eigenvalue weighted by molar-refractivity contribution is 0.127. The van der Waals surface area contributed by atoms with Crippen molar-refractivity contribution in [1.82, 2.24) is 0 Å². The van der Waals surface area contributed by atoms with Gasteiger partial charge in [-0.05, 0) is 56.1 Å². The molecule has 1 aromatic carbocycles. The van der Waals surface area contributed by atoms with Gasteiger partial charge in [-0.3, -0.25) is 0 Å². The fourth-order valence-electron chi connectivity index (χ4n) is 3.12. The first-order valence-electron chi connectivity index (χ1n) is 8.10. The molecule has 20 heavy (non-hydrogen) atoms. The lowest BCUT2D eigenvalue weighted by Crippen LogP contribution is -2.26. The summed E-state index contributed by atoms with van der Waals surface area (Å²) in [5.74, 6) is 1.88. The van der Waals surface area contributed by atoms with Gasteiger partial charge in [0.05, 0.1) is 6.10 Å². The summed E-state index contributed by atoms with van der Waals surface area (Å²) in [6.45, 7) is 6.62. The van der Waals surface area contributed by atoms with Gasteiger partial charge in [-0.2, -0.15) is 0 Å². The Kier molecular flexibility index (Phi) is 5.47. The van der Waals surface area contributed by atoms with Crippen LogP contribution in [0.5, 0.6) is 5.75 Å². The Labute approximate surface area is 123 Å². The van der Waals surface area contributed by atoms with E-state index < -0.39 is 0 Å². The number of aryl methyl sites for hydroxylation is 1. The second-order valence-electron chi connectivity index (χ2n) is 6.45. The van der Waals surface area contributed by atoms with Crippen molar-refractivity contribution in [3.8, 4) is 5.75 Å². The van der Waals surface area contributed by atoms with E-state index in [0.29, 0.717) is 6.10 Å². The molecule has 1 aliphatic rings. The van der Waals surface area contributed by atoms with Crippen LogP contribution in [-0.4, -0.2) is 12.1 Å². The molecule has 3 unspecified atom stereocenters. The second kappa shape index (κ2) is 7.12. The van der Waals surface area contributed by atoms with Crippen molar-refractivity contribution >= 4 is 0 Å². The molecule has 0 radical (unpaired) electrons. The van der Waals surface area contributed by atoms with E-state index in [1.807, 2.05) is 0 Å². The Morgan fingerprint density at radius 1 is 1.35 bits per heavy atom. The van der Waals surface area contributed by atoms with Gasteiger partial charge in [0.15, 0.2) is 0 Å². The maximum atomic E-state index is 6.38. The molecular formula is C18H29NO. The van der Waals surface area contributed by atoms with Gasteiger partial charge in [-0.1, -0.05) is 38.5 Å². The van der Waals surface area contributed by atoms with Crippen molar-refractivity contribution < 1.29 is 4.74 Å². The van der Waals surface area contributed by atoms with Crippen LogP contribution in [0.4, 0.5) is 0 Å². The lowest BCUT2D eigenvalue weighted by Gasteiger charge is -2.29. The van der Waals surface area contributed by atoms with Crippen molar-refractivity contribution in [2.45, 2.75) is 71.4 Å². The molecule has 112 valence electrons. The van der Waals surface area contributed by atoms with Gasteiger partial charge in [-0.25, -0.2) is 0 Å². The van der Waals surface area contributed by atoms with E-state index in [1.165, 1.54) is 36.8 Å². The first-order valence-corrected chi connectivity index (χ1v) is 8.10. The molecule has 2 N–H and O–H groups in total. The Hall–Kier alpha value is -1.02. The molecule has 2 heteroatoms. The third-order valence-corrected chi connectivity index (χ3v) is 4.47. The smallest absolute Gasteiger partial charge is 0.125 e. The lowest BCUT2D eigenvalue weighted by atomic mass is 9.88. The van der Waals surface area contributed by atoms with Crippen LogP contribution < -0.4 is 10.5 Å². The topological polar surface area (TPSA) is 35.2 Å². The fraction of sp³-hybridized carbons (Fsp3) is 0.667. The van der Waals surface area contributed by atoms with E-state index in [2.05, 4.69) is 39.0 Å². The Bertz CT molecular complexity index is 429. The first-order chi connectivity index (χ1) is 9.60. The zero-order valence-corrected chi connectivity index (χ0v) is 13.2. The van der Waals surface area contributed by atoms with E-state index in [-0.39, 0.29) is 6.04 Å². The minimum atomic E-state index is 0.226. The molecule has 3 atom stereocenters. The molecule has 1 fully saturated rings. The Morgan fingerprint density at radius 3 is 2.85 bits per heavy atom. The second-order valence-corrected chi connectivity index (χ2v) is 6.45. The third kappa shape index (κ3) is 3.99. The van der Waals surface area contributed by atoms with E-state index in [4.69, 9.17) is 10.5 Å². The molecule has 0 spiro atoms. The van der Waals surface area contributed by atoms with Crippen LogP contribution in [0.25, 0.3) is 0 Å². The molecule has 2 rings (SSSR count). The summed E-state index contributed by atoms with van der Waals surface area (Å²) in [6.07, 6.45) is 7.33. The van der Waals surface area contributed by atoms with Crippen LogP contribution in [0.2, 0.25) is 0 Å². The standard InChI is InChI=1S/C18H29NO/c1-4-16(19)12-15-9-6-8-14(3)18(15)20-17-10-5-7-13(2)11-17/h6,8-9,13,16-17H,4-5,7,10-12,19H2,1-3H3. The first kappa shape index (κ1) is 15.4. The Balaban J connectivity index is 2.12. The summed E-state index contributed by atoms with van der Waals surface area (Å²) < 4.78 is 6.38. The van der Waals surface area contributed by atoms with Crippen LogP contribution in [-0.2, 0) is 6.42 Å². The molecule has 0 aromatic heterocycles. The summed E-state index contributed by atoms with van der Waals surface area (Å²) in [6, 6.07) is 6.65. The minimum Gasteiger partial charge on any atom is -0.490 e. The normalized spacial score (nSPS) is 24.4. The van der Waals surface area contributed by atoms with Crippen molar-refractivity contribution in [3.05, 3.63) is 29.3 Å². The highest BCUT2D eigenvalue weighted by Crippen LogP contribution is 2.31. The summed E-state index contributed by atoms with van der Waals surface area (Å²) in [5.41, 5.74) is 8.64. The molecule has 2 nitrogen and oxygen atoms in total. The number of ether oxygens (including phenoxy) is 1. The molecule has 0 heterocycles. The van der Waals surface area contributed by atoms with Crippen LogP contribution in [0.3, 0.4) is 0 Å². The number of benzene rings is 1. The van der Waals surface area contributed by atoms with E-state index >= 15 is 0 Å². The maximum absolute atomic E-state index is 6.38. The van der Waals surface area contributed by atoms with Gasteiger partial charge in [0.25, 0.3) is 0 Å². The zero-order valence-electron chi connectivity index (χ0n) is 13.2. The summed E-state index contributed by atoms with van der Waals surface area (Å²) in [7, 11) is 0. The maximum Gasteiger partial charge on any atom is 0.125 e. The quantitative estimate of drug-likeness (QED) is 0.872. The van der Waals surface area contributed by atoms with Crippen LogP contribution in [0.15, 0.2) is 18.2 Å². The van der Waals surface area contributed by atoms with Gasteiger partial charge in [-0.15, -0.1) is 0 Å². The summed E-state index contributed by atoms with van der Waals surface area (Å²) in [5, 5.41) is 0. The summed E-state index contributed by atoms with van der Waals surface area (Å²) >= 11 is 0. The van der Waals surface area contributed by atoms with Gasteiger partial charge in [0, 0.05) is 6.04 Å². The van der Waals surface area contributed by atoms with Crippen molar-refractivity contribution in [2.75, 3.05) is 0 Å². The van der Waals surface area contributed by atoms with E-state index in [9.17, 15) is 0 Å². The number of para-hydroxylation sites is 1. The highest BCUT2D eigenvalue weighted by atomic mass is 16.5. The highest BCUT2D eigenvalue weighted by molar-refractivity contribution is 5.41. The summed E-state index contributed by atoms with van der Waals surface area (Å²) in [4.78, 5) is 0. The third-order valence-electron chi connectivity index (χ3n) is 4.47. The predicted molar refractivity (Wildman–Crippen MR) is 85.2 cm³/mol. The predicted octanol–water partition coefficient (Wildman–Crippen LogP) is 4.23. The largest absolute Gasteiger partial charge is 0.490 e. The minimum absolute atomic E-state index is 0.226. The van der Waals surface area contributed by atoms with Crippen molar-refractivity contribution in [3.63, 3.8) is 0 Å². The number of hydrogen-bond donors (Lipinski definition) is 1. The van der Waals surface area contributed by atoms with Gasteiger partial charge < -0.3 is 10.5 Å². The van der Waals surface area contributed by atoms with Gasteiger partial charge in [0.2, 0.25) is 0 Å². The number of hydrogen-bond acceptors (Lipinski definition) is 2. The van der Waals surface area contributed by atoms with Crippen LogP contribution >= 0.6 is 0 Å². The average Bonchev–Trinajstić information content (AvgIpc) is 2.42. The van der Waals surface area contributed by atoms with Crippen LogP contribution in [0, 0.1) is 12.8 Å². The molecule has 1 aliphatic carbocycles. The average molecular weight is 275 g/mol. The van der Waals surface area contributed by atoms with E-state index in [0.717, 1.165) is 24.5 Å². The molecule has 0 aliphatic heterocycles. The van der Waals surface area contributed by atoms with Crippen LogP contribution in [0.1, 0.15) is 57.1 Å². The number of nitrogens with two attached hydrogens (primary N) is 1. The molecular weight excluding hydrogens is 246 g/mol. The molecule has 0 saturated heterocycles. The van der Waals surface area contributed by atoms with Gasteiger partial charge >= 0.3 is 0 Å². The van der Waals surface area contributed by atoms with Gasteiger partial charge in [0.1, 0.15) is 5.75 Å². The molecule has 0 bridgehead atoms. The molecule has 1 saturated carbocycles.